The number of hydrogen-bond acceptors (Lipinski definition) is 2. The highest BCUT2D eigenvalue weighted by Crippen LogP contribution is 2.11. The summed E-state index contributed by atoms with van der Waals surface area (Å²) in [7, 11) is 0. The Kier molecular flexibility index (Phi) is 5.03. The fourth-order valence-electron chi connectivity index (χ4n) is 1.37. The SMILES string of the molecule is CCC(=O)NC[C@H](O)Cc1ccc(F)cc1F. The van der Waals surface area contributed by atoms with Crippen LogP contribution in [0.5, 0.6) is 0 Å². The molecule has 17 heavy (non-hydrogen) atoms. The summed E-state index contributed by atoms with van der Waals surface area (Å²) in [5.74, 6) is -1.52. The number of hydrogen-bond donors (Lipinski definition) is 2. The van der Waals surface area contributed by atoms with E-state index in [2.05, 4.69) is 5.32 Å². The molecule has 0 aliphatic heterocycles. The van der Waals surface area contributed by atoms with Crippen molar-refractivity contribution in [3.8, 4) is 0 Å². The largest absolute Gasteiger partial charge is 0.391 e. The van der Waals surface area contributed by atoms with Crippen molar-refractivity contribution in [1.82, 2.24) is 5.32 Å². The fraction of sp³-hybridized carbons (Fsp3) is 0.417. The van der Waals surface area contributed by atoms with E-state index in [-0.39, 0.29) is 24.4 Å². The number of rotatable bonds is 5. The molecule has 0 aliphatic carbocycles. The van der Waals surface area contributed by atoms with Gasteiger partial charge in [-0.25, -0.2) is 8.78 Å². The second-order valence-electron chi connectivity index (χ2n) is 3.75. The van der Waals surface area contributed by atoms with Gasteiger partial charge < -0.3 is 10.4 Å². The van der Waals surface area contributed by atoms with Crippen LogP contribution in [0.3, 0.4) is 0 Å². The number of carbonyl (C=O) groups excluding carboxylic acids is 1. The maximum atomic E-state index is 13.2. The van der Waals surface area contributed by atoms with Gasteiger partial charge in [0.1, 0.15) is 11.6 Å². The normalized spacial score (nSPS) is 12.2. The first-order valence-corrected chi connectivity index (χ1v) is 5.41. The molecule has 1 amide bonds. The van der Waals surface area contributed by atoms with E-state index >= 15 is 0 Å². The summed E-state index contributed by atoms with van der Waals surface area (Å²) in [6.45, 7) is 1.75. The van der Waals surface area contributed by atoms with Crippen molar-refractivity contribution in [3.05, 3.63) is 35.4 Å². The minimum absolute atomic E-state index is 0.0378. The molecular weight excluding hydrogens is 228 g/mol. The molecule has 0 bridgehead atoms. The standard InChI is InChI=1S/C12H15F2NO2/c1-2-12(17)15-7-10(16)5-8-3-4-9(13)6-11(8)14/h3-4,6,10,16H,2,5,7H2,1H3,(H,15,17)/t10-/m1/s1. The van der Waals surface area contributed by atoms with Crippen LogP contribution in [0.25, 0.3) is 0 Å². The zero-order valence-corrected chi connectivity index (χ0v) is 9.54. The average molecular weight is 243 g/mol. The van der Waals surface area contributed by atoms with Crippen LogP contribution in [0.1, 0.15) is 18.9 Å². The Morgan fingerprint density at radius 3 is 2.76 bits per heavy atom. The first-order chi connectivity index (χ1) is 8.02. The zero-order chi connectivity index (χ0) is 12.8. The summed E-state index contributed by atoms with van der Waals surface area (Å²) in [5.41, 5.74) is 0.227. The maximum Gasteiger partial charge on any atom is 0.219 e. The van der Waals surface area contributed by atoms with Crippen molar-refractivity contribution < 1.29 is 18.7 Å². The Labute approximate surface area is 98.5 Å². The van der Waals surface area contributed by atoms with E-state index in [1.807, 2.05) is 0 Å². The van der Waals surface area contributed by atoms with E-state index < -0.39 is 17.7 Å². The molecule has 1 aromatic rings. The number of amides is 1. The van der Waals surface area contributed by atoms with Crippen LogP contribution in [-0.4, -0.2) is 23.7 Å². The number of carbonyl (C=O) groups is 1. The van der Waals surface area contributed by atoms with Crippen LogP contribution < -0.4 is 5.32 Å². The molecule has 94 valence electrons. The maximum absolute atomic E-state index is 13.2. The summed E-state index contributed by atoms with van der Waals surface area (Å²) in [4.78, 5) is 10.9. The Morgan fingerprint density at radius 2 is 2.18 bits per heavy atom. The molecule has 1 aromatic carbocycles. The second kappa shape index (κ2) is 6.30. The van der Waals surface area contributed by atoms with E-state index in [9.17, 15) is 18.7 Å². The molecule has 2 N–H and O–H groups in total. The smallest absolute Gasteiger partial charge is 0.219 e. The molecule has 1 rings (SSSR count). The van der Waals surface area contributed by atoms with E-state index in [0.717, 1.165) is 12.1 Å². The minimum atomic E-state index is -0.884. The predicted molar refractivity (Wildman–Crippen MR) is 59.4 cm³/mol. The van der Waals surface area contributed by atoms with Gasteiger partial charge in [0.05, 0.1) is 6.10 Å². The van der Waals surface area contributed by atoms with Crippen molar-refractivity contribution in [3.63, 3.8) is 0 Å². The van der Waals surface area contributed by atoms with Gasteiger partial charge in [-0.3, -0.25) is 4.79 Å². The van der Waals surface area contributed by atoms with E-state index in [1.165, 1.54) is 6.07 Å². The van der Waals surface area contributed by atoms with Crippen molar-refractivity contribution >= 4 is 5.91 Å². The summed E-state index contributed by atoms with van der Waals surface area (Å²) in [5, 5.41) is 12.1. The number of nitrogens with one attached hydrogen (secondary N) is 1. The van der Waals surface area contributed by atoms with E-state index in [1.54, 1.807) is 6.92 Å². The third kappa shape index (κ3) is 4.48. The average Bonchev–Trinajstić information content (AvgIpc) is 2.29. The van der Waals surface area contributed by atoms with Gasteiger partial charge in [0, 0.05) is 25.5 Å². The Morgan fingerprint density at radius 1 is 1.47 bits per heavy atom. The molecule has 0 saturated heterocycles. The topological polar surface area (TPSA) is 49.3 Å². The van der Waals surface area contributed by atoms with Crippen molar-refractivity contribution in [2.75, 3.05) is 6.54 Å². The van der Waals surface area contributed by atoms with Crippen molar-refractivity contribution in [2.24, 2.45) is 0 Å². The van der Waals surface area contributed by atoms with Crippen molar-refractivity contribution in [1.29, 1.82) is 0 Å². The van der Waals surface area contributed by atoms with Crippen LogP contribution in [0.4, 0.5) is 8.78 Å². The van der Waals surface area contributed by atoms with Crippen LogP contribution in [0.15, 0.2) is 18.2 Å². The highest BCUT2D eigenvalue weighted by atomic mass is 19.1. The lowest BCUT2D eigenvalue weighted by Gasteiger charge is -2.12. The predicted octanol–water partition coefficient (Wildman–Crippen LogP) is 1.39. The number of halogens is 2. The molecule has 0 spiro atoms. The number of aliphatic hydroxyl groups excluding tert-OH is 1. The summed E-state index contributed by atoms with van der Waals surface area (Å²) < 4.78 is 25.9. The zero-order valence-electron chi connectivity index (χ0n) is 9.54. The Hall–Kier alpha value is -1.49. The van der Waals surface area contributed by atoms with Gasteiger partial charge in [0.15, 0.2) is 0 Å². The van der Waals surface area contributed by atoms with E-state index in [0.29, 0.717) is 6.42 Å². The Balaban J connectivity index is 2.50. The van der Waals surface area contributed by atoms with Crippen LogP contribution in [-0.2, 0) is 11.2 Å². The van der Waals surface area contributed by atoms with Gasteiger partial charge in [-0.05, 0) is 11.6 Å². The van der Waals surface area contributed by atoms with Gasteiger partial charge in [-0.2, -0.15) is 0 Å². The molecule has 0 aliphatic rings. The third-order valence-corrected chi connectivity index (χ3v) is 2.33. The molecular formula is C12H15F2NO2. The van der Waals surface area contributed by atoms with Gasteiger partial charge in [0.2, 0.25) is 5.91 Å². The Bertz CT molecular complexity index is 396. The first kappa shape index (κ1) is 13.6. The molecule has 0 aromatic heterocycles. The van der Waals surface area contributed by atoms with Crippen LogP contribution in [0, 0.1) is 11.6 Å². The van der Waals surface area contributed by atoms with Crippen LogP contribution in [0.2, 0.25) is 0 Å². The molecule has 0 unspecified atom stereocenters. The molecule has 5 heteroatoms. The summed E-state index contributed by atoms with van der Waals surface area (Å²) >= 11 is 0. The van der Waals surface area contributed by atoms with E-state index in [4.69, 9.17) is 0 Å². The highest BCUT2D eigenvalue weighted by molar-refractivity contribution is 5.75. The lowest BCUT2D eigenvalue weighted by atomic mass is 10.1. The minimum Gasteiger partial charge on any atom is -0.391 e. The van der Waals surface area contributed by atoms with Crippen LogP contribution >= 0.6 is 0 Å². The molecule has 0 saturated carbocycles. The number of benzene rings is 1. The molecule has 0 fully saturated rings. The van der Waals surface area contributed by atoms with Crippen molar-refractivity contribution in [2.45, 2.75) is 25.9 Å². The van der Waals surface area contributed by atoms with Gasteiger partial charge >= 0.3 is 0 Å². The second-order valence-corrected chi connectivity index (χ2v) is 3.75. The van der Waals surface area contributed by atoms with Gasteiger partial charge in [0.25, 0.3) is 0 Å². The molecule has 1 atom stereocenters. The summed E-state index contributed by atoms with van der Waals surface area (Å²) in [6.07, 6.45) is -0.515. The first-order valence-electron chi connectivity index (χ1n) is 5.41. The fourth-order valence-corrected chi connectivity index (χ4v) is 1.37. The quantitative estimate of drug-likeness (QED) is 0.821. The highest BCUT2D eigenvalue weighted by Gasteiger charge is 2.11. The lowest BCUT2D eigenvalue weighted by Crippen LogP contribution is -2.32. The van der Waals surface area contributed by atoms with Gasteiger partial charge in [-0.15, -0.1) is 0 Å². The molecule has 3 nitrogen and oxygen atoms in total. The molecule has 0 heterocycles. The molecule has 0 radical (unpaired) electrons. The third-order valence-electron chi connectivity index (χ3n) is 2.33. The number of aliphatic hydroxyl groups is 1. The summed E-state index contributed by atoms with van der Waals surface area (Å²) in [6, 6.07) is 3.19. The monoisotopic (exact) mass is 243 g/mol. The van der Waals surface area contributed by atoms with Gasteiger partial charge in [-0.1, -0.05) is 13.0 Å². The lowest BCUT2D eigenvalue weighted by molar-refractivity contribution is -0.121.